The number of guanidine groups is 1. The molecule has 6 nitrogen and oxygen atoms in total. The number of hydrogen-bond donors (Lipinski definition) is 2. The van der Waals surface area contributed by atoms with Gasteiger partial charge in [0.25, 0.3) is 0 Å². The predicted octanol–water partition coefficient (Wildman–Crippen LogP) is 1.18. The van der Waals surface area contributed by atoms with Gasteiger partial charge in [0, 0.05) is 20.1 Å². The Balaban J connectivity index is 1.93. The first-order valence-corrected chi connectivity index (χ1v) is 6.77. The van der Waals surface area contributed by atoms with Crippen molar-refractivity contribution in [2.75, 3.05) is 13.6 Å². The minimum absolute atomic E-state index is 0.687. The van der Waals surface area contributed by atoms with E-state index in [4.69, 9.17) is 0 Å². The molecular formula is C15H20N6. The van der Waals surface area contributed by atoms with Gasteiger partial charge >= 0.3 is 0 Å². The van der Waals surface area contributed by atoms with Crippen molar-refractivity contribution in [3.63, 3.8) is 0 Å². The normalized spacial score (nSPS) is 11.2. The van der Waals surface area contributed by atoms with Gasteiger partial charge in [-0.15, -0.1) is 6.58 Å². The van der Waals surface area contributed by atoms with Gasteiger partial charge in [0.15, 0.2) is 5.96 Å². The van der Waals surface area contributed by atoms with Crippen molar-refractivity contribution in [2.24, 2.45) is 4.99 Å². The molecule has 110 valence electrons. The number of nitrogens with zero attached hydrogens (tertiary/aromatic N) is 4. The van der Waals surface area contributed by atoms with Gasteiger partial charge in [-0.1, -0.05) is 30.3 Å². The van der Waals surface area contributed by atoms with Gasteiger partial charge in [-0.05, 0) is 11.1 Å². The van der Waals surface area contributed by atoms with Crippen molar-refractivity contribution in [1.82, 2.24) is 25.4 Å². The fraction of sp³-hybridized carbons (Fsp3) is 0.267. The summed E-state index contributed by atoms with van der Waals surface area (Å²) in [6.45, 7) is 5.79. The average molecular weight is 284 g/mol. The minimum Gasteiger partial charge on any atom is -0.353 e. The zero-order chi connectivity index (χ0) is 14.9. The van der Waals surface area contributed by atoms with E-state index in [2.05, 4.69) is 50.5 Å². The third kappa shape index (κ3) is 4.76. The molecule has 0 unspecified atom stereocenters. The molecule has 21 heavy (non-hydrogen) atoms. The van der Waals surface area contributed by atoms with E-state index in [9.17, 15) is 0 Å². The first-order chi connectivity index (χ1) is 10.3. The van der Waals surface area contributed by atoms with Crippen LogP contribution in [0.2, 0.25) is 0 Å². The highest BCUT2D eigenvalue weighted by atomic mass is 15.3. The molecule has 0 saturated heterocycles. The Labute approximate surface area is 124 Å². The lowest BCUT2D eigenvalue weighted by Gasteiger charge is -2.11. The van der Waals surface area contributed by atoms with Crippen LogP contribution in [0.5, 0.6) is 0 Å². The summed E-state index contributed by atoms with van der Waals surface area (Å²) in [5.74, 6) is 0.761. The zero-order valence-electron chi connectivity index (χ0n) is 12.2. The van der Waals surface area contributed by atoms with Crippen molar-refractivity contribution in [2.45, 2.75) is 13.1 Å². The summed E-state index contributed by atoms with van der Waals surface area (Å²) in [7, 11) is 1.75. The molecule has 0 fully saturated rings. The molecular weight excluding hydrogens is 264 g/mol. The minimum atomic E-state index is 0.687. The maximum atomic E-state index is 4.15. The molecule has 2 N–H and O–H groups in total. The maximum absolute atomic E-state index is 4.15. The molecule has 2 aromatic rings. The van der Waals surface area contributed by atoms with E-state index in [1.54, 1.807) is 30.5 Å². The fourth-order valence-electron chi connectivity index (χ4n) is 1.91. The van der Waals surface area contributed by atoms with Crippen molar-refractivity contribution in [3.8, 4) is 0 Å². The van der Waals surface area contributed by atoms with Gasteiger partial charge in [-0.2, -0.15) is 5.10 Å². The summed E-state index contributed by atoms with van der Waals surface area (Å²) in [6, 6.07) is 8.35. The van der Waals surface area contributed by atoms with Crippen LogP contribution in [-0.4, -0.2) is 34.3 Å². The number of nitrogens with one attached hydrogen (secondary N) is 2. The highest BCUT2D eigenvalue weighted by Crippen LogP contribution is 2.06. The molecule has 1 aromatic heterocycles. The van der Waals surface area contributed by atoms with Crippen molar-refractivity contribution in [3.05, 3.63) is 60.7 Å². The third-order valence-corrected chi connectivity index (χ3v) is 2.90. The van der Waals surface area contributed by atoms with E-state index < -0.39 is 0 Å². The summed E-state index contributed by atoms with van der Waals surface area (Å²) in [4.78, 5) is 8.10. The molecule has 2 rings (SSSR count). The largest absolute Gasteiger partial charge is 0.353 e. The van der Waals surface area contributed by atoms with E-state index in [-0.39, 0.29) is 0 Å². The SMILES string of the molecule is C=CCNC(=NC)NCc1cccc(Cn2cncn2)c1. The molecule has 0 saturated carbocycles. The summed E-state index contributed by atoms with van der Waals surface area (Å²) < 4.78 is 1.80. The Kier molecular flexibility index (Phi) is 5.51. The molecule has 0 aliphatic rings. The Morgan fingerprint density at radius 2 is 2.24 bits per heavy atom. The average Bonchev–Trinajstić information content (AvgIpc) is 3.01. The summed E-state index contributed by atoms with van der Waals surface area (Å²) >= 11 is 0. The molecule has 0 spiro atoms. The van der Waals surface area contributed by atoms with Gasteiger partial charge < -0.3 is 10.6 Å². The molecule has 0 bridgehead atoms. The smallest absolute Gasteiger partial charge is 0.191 e. The third-order valence-electron chi connectivity index (χ3n) is 2.90. The molecule has 1 aromatic carbocycles. The number of aliphatic imine (C=N–C) groups is 1. The molecule has 6 heteroatoms. The molecule has 1 heterocycles. The maximum Gasteiger partial charge on any atom is 0.191 e. The van der Waals surface area contributed by atoms with E-state index >= 15 is 0 Å². The van der Waals surface area contributed by atoms with Crippen LogP contribution in [0.25, 0.3) is 0 Å². The van der Waals surface area contributed by atoms with Gasteiger partial charge in [-0.25, -0.2) is 9.67 Å². The molecule has 0 amide bonds. The fourth-order valence-corrected chi connectivity index (χ4v) is 1.91. The van der Waals surface area contributed by atoms with Crippen LogP contribution in [0.4, 0.5) is 0 Å². The zero-order valence-corrected chi connectivity index (χ0v) is 12.2. The lowest BCUT2D eigenvalue weighted by Crippen LogP contribution is -2.36. The molecule has 0 atom stereocenters. The van der Waals surface area contributed by atoms with E-state index in [1.165, 1.54) is 11.1 Å². The first kappa shape index (κ1) is 14.8. The van der Waals surface area contributed by atoms with Crippen molar-refractivity contribution >= 4 is 5.96 Å². The van der Waals surface area contributed by atoms with Gasteiger partial charge in [0.1, 0.15) is 12.7 Å². The summed E-state index contributed by atoms with van der Waals surface area (Å²) in [5, 5.41) is 10.5. The van der Waals surface area contributed by atoms with Crippen LogP contribution < -0.4 is 10.6 Å². The van der Waals surface area contributed by atoms with Gasteiger partial charge in [0.05, 0.1) is 6.54 Å². The Hall–Kier alpha value is -2.63. The summed E-state index contributed by atoms with van der Waals surface area (Å²) in [5.41, 5.74) is 2.38. The van der Waals surface area contributed by atoms with Crippen LogP contribution in [0.3, 0.4) is 0 Å². The standard InChI is InChI=1S/C15H20N6/c1-3-7-18-15(16-2)19-9-13-5-4-6-14(8-13)10-21-12-17-11-20-21/h3-6,8,11-12H,1,7,9-10H2,2H3,(H2,16,18,19). The van der Waals surface area contributed by atoms with Crippen LogP contribution in [-0.2, 0) is 13.1 Å². The number of benzene rings is 1. The van der Waals surface area contributed by atoms with Crippen LogP contribution >= 0.6 is 0 Å². The molecule has 0 aliphatic heterocycles. The molecule has 0 radical (unpaired) electrons. The number of hydrogen-bond acceptors (Lipinski definition) is 3. The quantitative estimate of drug-likeness (QED) is 0.475. The molecule has 0 aliphatic carbocycles. The monoisotopic (exact) mass is 284 g/mol. The second-order valence-electron chi connectivity index (χ2n) is 4.51. The Bertz CT molecular complexity index is 588. The van der Waals surface area contributed by atoms with Crippen LogP contribution in [0, 0.1) is 0 Å². The highest BCUT2D eigenvalue weighted by Gasteiger charge is 2.00. The summed E-state index contributed by atoms with van der Waals surface area (Å²) in [6.07, 6.45) is 5.05. The van der Waals surface area contributed by atoms with Crippen molar-refractivity contribution < 1.29 is 0 Å². The van der Waals surface area contributed by atoms with Gasteiger partial charge in [-0.3, -0.25) is 4.99 Å². The van der Waals surface area contributed by atoms with E-state index in [1.807, 2.05) is 6.07 Å². The lowest BCUT2D eigenvalue weighted by atomic mass is 10.1. The second-order valence-corrected chi connectivity index (χ2v) is 4.51. The first-order valence-electron chi connectivity index (χ1n) is 6.77. The predicted molar refractivity (Wildman–Crippen MR) is 84.0 cm³/mol. The lowest BCUT2D eigenvalue weighted by molar-refractivity contribution is 0.683. The number of rotatable bonds is 6. The van der Waals surface area contributed by atoms with Crippen molar-refractivity contribution in [1.29, 1.82) is 0 Å². The van der Waals surface area contributed by atoms with E-state index in [0.717, 1.165) is 12.5 Å². The van der Waals surface area contributed by atoms with Crippen LogP contribution in [0.15, 0.2) is 54.6 Å². The second kappa shape index (κ2) is 7.84. The van der Waals surface area contributed by atoms with Crippen LogP contribution in [0.1, 0.15) is 11.1 Å². The highest BCUT2D eigenvalue weighted by molar-refractivity contribution is 5.79. The topological polar surface area (TPSA) is 67.1 Å². The Morgan fingerprint density at radius 1 is 1.38 bits per heavy atom. The van der Waals surface area contributed by atoms with Gasteiger partial charge in [0.2, 0.25) is 0 Å². The number of aromatic nitrogens is 3. The van der Waals surface area contributed by atoms with E-state index in [0.29, 0.717) is 13.1 Å². The Morgan fingerprint density at radius 3 is 2.95 bits per heavy atom.